The number of pyridine rings is 1. The van der Waals surface area contributed by atoms with E-state index in [0.717, 1.165) is 16.0 Å². The first-order valence-electron chi connectivity index (χ1n) is 11.0. The smallest absolute Gasteiger partial charge is 0.266 e. The second kappa shape index (κ2) is 9.81. The Morgan fingerprint density at radius 1 is 1.00 bits per heavy atom. The summed E-state index contributed by atoms with van der Waals surface area (Å²) in [6, 6.07) is 23.1. The number of nitrogens with zero attached hydrogens (tertiary/aromatic N) is 3. The van der Waals surface area contributed by atoms with Gasteiger partial charge >= 0.3 is 0 Å². The van der Waals surface area contributed by atoms with Crippen LogP contribution in [0.1, 0.15) is 29.7 Å². The molecular formula is C27H21N3O2S3. The van der Waals surface area contributed by atoms with Crippen molar-refractivity contribution in [3.05, 3.63) is 111 Å². The summed E-state index contributed by atoms with van der Waals surface area (Å²) in [7, 11) is 0. The number of rotatable bonds is 5. The number of carbonyl (C=O) groups excluding carboxylic acids is 1. The highest BCUT2D eigenvalue weighted by Crippen LogP contribution is 2.39. The van der Waals surface area contributed by atoms with Crippen LogP contribution >= 0.6 is 35.7 Å². The Hall–Kier alpha value is -3.20. The molecule has 35 heavy (non-hydrogen) atoms. The van der Waals surface area contributed by atoms with Gasteiger partial charge < -0.3 is 0 Å². The minimum absolute atomic E-state index is 0.208. The normalized spacial score (nSPS) is 15.8. The van der Waals surface area contributed by atoms with Crippen LogP contribution in [0.2, 0.25) is 0 Å². The third-order valence-corrected chi connectivity index (χ3v) is 8.12. The number of aromatic nitrogens is 2. The van der Waals surface area contributed by atoms with Crippen LogP contribution in [0.5, 0.6) is 0 Å². The molecule has 1 saturated heterocycles. The highest BCUT2D eigenvalue weighted by Gasteiger charge is 2.36. The Balaban J connectivity index is 1.61. The van der Waals surface area contributed by atoms with Crippen LogP contribution < -0.4 is 5.56 Å². The number of hydrogen-bond donors (Lipinski definition) is 0. The van der Waals surface area contributed by atoms with Gasteiger partial charge in [-0.1, -0.05) is 90.3 Å². The summed E-state index contributed by atoms with van der Waals surface area (Å²) in [6.45, 7) is 3.88. The van der Waals surface area contributed by atoms with Crippen LogP contribution in [0.15, 0.2) is 98.6 Å². The average molecular weight is 516 g/mol. The number of thiocarbonyl (C=S) groups is 1. The maximum absolute atomic E-state index is 13.6. The first-order chi connectivity index (χ1) is 16.9. The molecule has 1 aliphatic heterocycles. The van der Waals surface area contributed by atoms with Gasteiger partial charge in [-0.25, -0.2) is 4.98 Å². The molecule has 0 bridgehead atoms. The van der Waals surface area contributed by atoms with Crippen LogP contribution in [0.3, 0.4) is 0 Å². The van der Waals surface area contributed by atoms with Gasteiger partial charge in [-0.2, -0.15) is 0 Å². The van der Waals surface area contributed by atoms with Crippen molar-refractivity contribution in [2.45, 2.75) is 29.8 Å². The molecule has 0 N–H and O–H groups in total. The molecule has 0 aliphatic carbocycles. The Labute approximate surface area is 216 Å². The number of benzene rings is 2. The van der Waals surface area contributed by atoms with E-state index in [1.54, 1.807) is 17.2 Å². The van der Waals surface area contributed by atoms with Crippen LogP contribution in [0.4, 0.5) is 0 Å². The van der Waals surface area contributed by atoms with E-state index in [2.05, 4.69) is 0 Å². The van der Waals surface area contributed by atoms with Crippen molar-refractivity contribution in [3.8, 4) is 0 Å². The van der Waals surface area contributed by atoms with E-state index in [1.807, 2.05) is 86.6 Å². The topological polar surface area (TPSA) is 54.7 Å². The second-order valence-corrected chi connectivity index (χ2v) is 10.8. The molecule has 8 heteroatoms. The fraction of sp³-hybridized carbons (Fsp3) is 0.111. The predicted octanol–water partition coefficient (Wildman–Crippen LogP) is 6.12. The van der Waals surface area contributed by atoms with Crippen LogP contribution in [0, 0.1) is 6.92 Å². The molecule has 4 aromatic rings. The van der Waals surface area contributed by atoms with Crippen molar-refractivity contribution in [2.24, 2.45) is 0 Å². The molecule has 1 fully saturated rings. The van der Waals surface area contributed by atoms with Crippen molar-refractivity contribution < 1.29 is 4.79 Å². The summed E-state index contributed by atoms with van der Waals surface area (Å²) >= 11 is 8.20. The first kappa shape index (κ1) is 23.5. The second-order valence-electron chi connectivity index (χ2n) is 8.07. The van der Waals surface area contributed by atoms with Crippen LogP contribution in [0.25, 0.3) is 11.7 Å². The Bertz CT molecular complexity index is 1530. The molecule has 1 unspecified atom stereocenters. The highest BCUT2D eigenvalue weighted by atomic mass is 32.2. The summed E-state index contributed by atoms with van der Waals surface area (Å²) in [5.41, 5.74) is 2.63. The minimum Gasteiger partial charge on any atom is -0.286 e. The molecule has 1 amide bonds. The summed E-state index contributed by atoms with van der Waals surface area (Å²) in [5, 5.41) is 0.553. The largest absolute Gasteiger partial charge is 0.286 e. The van der Waals surface area contributed by atoms with E-state index >= 15 is 0 Å². The van der Waals surface area contributed by atoms with Gasteiger partial charge in [0.05, 0.1) is 16.5 Å². The molecule has 5 nitrogen and oxygen atoms in total. The highest BCUT2D eigenvalue weighted by molar-refractivity contribution is 8.26. The molecule has 5 rings (SSSR count). The average Bonchev–Trinajstić information content (AvgIpc) is 3.15. The third kappa shape index (κ3) is 4.57. The standard InChI is InChI=1S/C27H21N3O2S3/c1-17-10-9-15-29-23(17)28-24(34-20-13-7-4-8-14-20)21(25(29)31)16-22-26(32)30(27(33)35-22)18(2)19-11-5-3-6-12-19/h3-16,18H,1-2H3/b22-16-. The monoisotopic (exact) mass is 515 g/mol. The zero-order valence-electron chi connectivity index (χ0n) is 19.0. The van der Waals surface area contributed by atoms with E-state index in [4.69, 9.17) is 17.2 Å². The molecule has 3 heterocycles. The maximum atomic E-state index is 13.6. The molecule has 0 spiro atoms. The SMILES string of the molecule is Cc1cccn2c(=O)c(/C=C3\SC(=S)N(C(C)c4ccccc4)C3=O)c(Sc3ccccc3)nc12. The quantitative estimate of drug-likeness (QED) is 0.181. The van der Waals surface area contributed by atoms with E-state index in [9.17, 15) is 9.59 Å². The van der Waals surface area contributed by atoms with Crippen LogP contribution in [-0.2, 0) is 4.79 Å². The van der Waals surface area contributed by atoms with Gasteiger partial charge in [0.15, 0.2) is 0 Å². The fourth-order valence-electron chi connectivity index (χ4n) is 3.92. The maximum Gasteiger partial charge on any atom is 0.266 e. The van der Waals surface area contributed by atoms with Crippen molar-refractivity contribution in [3.63, 3.8) is 0 Å². The van der Waals surface area contributed by atoms with Gasteiger partial charge in [0.25, 0.3) is 11.5 Å². The fourth-order valence-corrected chi connectivity index (χ4v) is 6.22. The summed E-state index contributed by atoms with van der Waals surface area (Å²) in [6.07, 6.45) is 3.35. The van der Waals surface area contributed by atoms with E-state index in [-0.39, 0.29) is 17.5 Å². The molecule has 2 aromatic carbocycles. The van der Waals surface area contributed by atoms with Gasteiger partial charge in [0.1, 0.15) is 15.0 Å². The number of aryl methyl sites for hydroxylation is 1. The van der Waals surface area contributed by atoms with E-state index in [0.29, 0.717) is 25.5 Å². The zero-order valence-corrected chi connectivity index (χ0v) is 21.5. The van der Waals surface area contributed by atoms with E-state index in [1.165, 1.54) is 27.9 Å². The lowest BCUT2D eigenvalue weighted by molar-refractivity contribution is -0.123. The number of thioether (sulfide) groups is 1. The van der Waals surface area contributed by atoms with Crippen molar-refractivity contribution in [1.29, 1.82) is 0 Å². The number of amides is 1. The zero-order chi connectivity index (χ0) is 24.5. The molecule has 1 aliphatic rings. The van der Waals surface area contributed by atoms with Gasteiger partial charge in [-0.05, 0) is 49.2 Å². The summed E-state index contributed by atoms with van der Waals surface area (Å²) < 4.78 is 2.00. The minimum atomic E-state index is -0.224. The third-order valence-electron chi connectivity index (χ3n) is 5.78. The summed E-state index contributed by atoms with van der Waals surface area (Å²) in [4.78, 5) is 34.9. The molecule has 0 saturated carbocycles. The van der Waals surface area contributed by atoms with Gasteiger partial charge in [0.2, 0.25) is 0 Å². The predicted molar refractivity (Wildman–Crippen MR) is 147 cm³/mol. The number of fused-ring (bicyclic) bond motifs is 1. The van der Waals surface area contributed by atoms with Crippen molar-refractivity contribution >= 4 is 57.7 Å². The van der Waals surface area contributed by atoms with Gasteiger partial charge in [-0.15, -0.1) is 0 Å². The lowest BCUT2D eigenvalue weighted by Gasteiger charge is -2.23. The Kier molecular flexibility index (Phi) is 6.60. The molecular weight excluding hydrogens is 495 g/mol. The van der Waals surface area contributed by atoms with Gasteiger partial charge in [-0.3, -0.25) is 18.9 Å². The van der Waals surface area contributed by atoms with Crippen molar-refractivity contribution in [1.82, 2.24) is 14.3 Å². The molecule has 174 valence electrons. The molecule has 0 radical (unpaired) electrons. The summed E-state index contributed by atoms with van der Waals surface area (Å²) in [5.74, 6) is -0.208. The number of carbonyl (C=O) groups is 1. The molecule has 2 aromatic heterocycles. The molecule has 1 atom stereocenters. The van der Waals surface area contributed by atoms with Crippen molar-refractivity contribution in [2.75, 3.05) is 0 Å². The lowest BCUT2D eigenvalue weighted by atomic mass is 10.1. The lowest BCUT2D eigenvalue weighted by Crippen LogP contribution is -2.31. The first-order valence-corrected chi connectivity index (χ1v) is 13.0. The van der Waals surface area contributed by atoms with E-state index < -0.39 is 0 Å². The van der Waals surface area contributed by atoms with Crippen LogP contribution in [-0.4, -0.2) is 24.5 Å². The van der Waals surface area contributed by atoms with Gasteiger partial charge in [0, 0.05) is 11.1 Å². The number of hydrogen-bond acceptors (Lipinski definition) is 6. The Morgan fingerprint density at radius 3 is 2.40 bits per heavy atom. The Morgan fingerprint density at radius 2 is 1.69 bits per heavy atom.